The number of halogens is 1. The van der Waals surface area contributed by atoms with Crippen LogP contribution in [0.4, 0.5) is 4.39 Å². The fourth-order valence-electron chi connectivity index (χ4n) is 1.02. The predicted molar refractivity (Wildman–Crippen MR) is 56.6 cm³/mol. The van der Waals surface area contributed by atoms with Crippen LogP contribution in [-0.2, 0) is 0 Å². The molecule has 0 aliphatic rings. The standard InChI is InChI=1S/C10H15FOS/c1-12-10-7-8(13(2,3)4)5-6-9(10)11/h5-7H,1-4H3. The molecule has 0 unspecified atom stereocenters. The van der Waals surface area contributed by atoms with E-state index in [0.717, 1.165) is 4.90 Å². The third kappa shape index (κ3) is 2.37. The smallest absolute Gasteiger partial charge is 0.165 e. The molecule has 1 rings (SSSR count). The van der Waals surface area contributed by atoms with Crippen molar-refractivity contribution in [1.29, 1.82) is 0 Å². The summed E-state index contributed by atoms with van der Waals surface area (Å²) in [5.74, 6) is 0.0369. The van der Waals surface area contributed by atoms with Crippen molar-refractivity contribution in [1.82, 2.24) is 0 Å². The zero-order chi connectivity index (χ0) is 10.1. The first-order valence-corrected chi connectivity index (χ1v) is 6.83. The van der Waals surface area contributed by atoms with E-state index in [1.807, 2.05) is 6.07 Å². The molecule has 74 valence electrons. The zero-order valence-corrected chi connectivity index (χ0v) is 9.24. The minimum absolute atomic E-state index is 0.296. The van der Waals surface area contributed by atoms with Gasteiger partial charge >= 0.3 is 0 Å². The lowest BCUT2D eigenvalue weighted by molar-refractivity contribution is 0.385. The van der Waals surface area contributed by atoms with Gasteiger partial charge in [-0.2, -0.15) is 0 Å². The Balaban J connectivity index is 3.14. The number of methoxy groups -OCH3 is 1. The van der Waals surface area contributed by atoms with Crippen molar-refractivity contribution in [2.24, 2.45) is 0 Å². The van der Waals surface area contributed by atoms with Crippen LogP contribution in [0.2, 0.25) is 0 Å². The molecule has 0 aromatic heterocycles. The maximum Gasteiger partial charge on any atom is 0.165 e. The van der Waals surface area contributed by atoms with E-state index in [9.17, 15) is 4.39 Å². The largest absolute Gasteiger partial charge is 0.494 e. The van der Waals surface area contributed by atoms with Crippen molar-refractivity contribution in [2.45, 2.75) is 4.90 Å². The minimum Gasteiger partial charge on any atom is -0.494 e. The molecule has 0 fully saturated rings. The summed E-state index contributed by atoms with van der Waals surface area (Å²) < 4.78 is 18.0. The van der Waals surface area contributed by atoms with E-state index < -0.39 is 10.0 Å². The SMILES string of the molecule is COc1cc(S(C)(C)C)ccc1F. The molecule has 0 bridgehead atoms. The van der Waals surface area contributed by atoms with Gasteiger partial charge in [-0.15, -0.1) is 0 Å². The first-order chi connectivity index (χ1) is 5.95. The zero-order valence-electron chi connectivity index (χ0n) is 8.43. The summed E-state index contributed by atoms with van der Waals surface area (Å²) in [5, 5.41) is 0. The van der Waals surface area contributed by atoms with E-state index in [1.54, 1.807) is 6.07 Å². The molecule has 0 aliphatic heterocycles. The van der Waals surface area contributed by atoms with E-state index in [2.05, 4.69) is 18.8 Å². The van der Waals surface area contributed by atoms with Crippen molar-refractivity contribution in [3.05, 3.63) is 24.0 Å². The highest BCUT2D eigenvalue weighted by Gasteiger charge is 2.11. The van der Waals surface area contributed by atoms with Crippen molar-refractivity contribution >= 4 is 10.0 Å². The third-order valence-corrected chi connectivity index (χ3v) is 3.50. The maximum absolute atomic E-state index is 13.0. The second kappa shape index (κ2) is 3.58. The van der Waals surface area contributed by atoms with Gasteiger partial charge in [0.2, 0.25) is 0 Å². The van der Waals surface area contributed by atoms with Crippen LogP contribution in [0.3, 0.4) is 0 Å². The molecular weight excluding hydrogens is 187 g/mol. The Labute approximate surface area is 80.2 Å². The van der Waals surface area contributed by atoms with E-state index >= 15 is 0 Å². The summed E-state index contributed by atoms with van der Waals surface area (Å²) in [7, 11) is 0.687. The Kier molecular flexibility index (Phi) is 2.86. The van der Waals surface area contributed by atoms with Crippen LogP contribution in [0.1, 0.15) is 0 Å². The molecule has 0 saturated carbocycles. The summed E-state index contributed by atoms with van der Waals surface area (Å²) in [4.78, 5) is 1.16. The molecule has 3 heteroatoms. The van der Waals surface area contributed by atoms with Gasteiger partial charge in [0.25, 0.3) is 0 Å². The molecule has 0 spiro atoms. The van der Waals surface area contributed by atoms with Crippen LogP contribution < -0.4 is 4.74 Å². The molecule has 0 aliphatic carbocycles. The lowest BCUT2D eigenvalue weighted by Crippen LogP contribution is -1.95. The van der Waals surface area contributed by atoms with Gasteiger partial charge in [0.1, 0.15) is 0 Å². The first kappa shape index (κ1) is 10.4. The second-order valence-electron chi connectivity index (χ2n) is 3.63. The number of ether oxygens (including phenoxy) is 1. The molecule has 0 N–H and O–H groups in total. The van der Waals surface area contributed by atoms with E-state index in [1.165, 1.54) is 13.2 Å². The topological polar surface area (TPSA) is 9.23 Å². The lowest BCUT2D eigenvalue weighted by Gasteiger charge is -2.26. The molecule has 13 heavy (non-hydrogen) atoms. The van der Waals surface area contributed by atoms with Crippen LogP contribution in [-0.4, -0.2) is 25.9 Å². The monoisotopic (exact) mass is 202 g/mol. The molecule has 0 atom stereocenters. The lowest BCUT2D eigenvalue weighted by atomic mass is 10.3. The van der Waals surface area contributed by atoms with E-state index in [-0.39, 0.29) is 5.82 Å². The van der Waals surface area contributed by atoms with Gasteiger partial charge in [-0.3, -0.25) is 0 Å². The van der Waals surface area contributed by atoms with Crippen LogP contribution in [0.15, 0.2) is 23.1 Å². The fraction of sp³-hybridized carbons (Fsp3) is 0.400. The summed E-state index contributed by atoms with van der Waals surface area (Å²) >= 11 is 0. The van der Waals surface area contributed by atoms with Gasteiger partial charge in [0, 0.05) is 0 Å². The number of benzene rings is 1. The average Bonchev–Trinajstić information content (AvgIpc) is 2.03. The Morgan fingerprint density at radius 2 is 1.85 bits per heavy atom. The van der Waals surface area contributed by atoms with Gasteiger partial charge in [0.15, 0.2) is 11.6 Å². The molecule has 0 amide bonds. The average molecular weight is 202 g/mol. The Bertz CT molecular complexity index is 304. The number of hydrogen-bond acceptors (Lipinski definition) is 1. The quantitative estimate of drug-likeness (QED) is 0.716. The van der Waals surface area contributed by atoms with Gasteiger partial charge in [-0.1, -0.05) is 0 Å². The van der Waals surface area contributed by atoms with Gasteiger partial charge in [-0.25, -0.2) is 14.4 Å². The number of rotatable bonds is 2. The molecule has 0 heterocycles. The van der Waals surface area contributed by atoms with Crippen LogP contribution in [0.25, 0.3) is 0 Å². The fourth-order valence-corrected chi connectivity index (χ4v) is 1.96. The first-order valence-electron chi connectivity index (χ1n) is 3.97. The highest BCUT2D eigenvalue weighted by Crippen LogP contribution is 2.46. The Hall–Kier alpha value is -0.700. The molecule has 1 nitrogen and oxygen atoms in total. The molecule has 1 aromatic rings. The third-order valence-electron chi connectivity index (χ3n) is 1.83. The highest BCUT2D eigenvalue weighted by atomic mass is 32.3. The van der Waals surface area contributed by atoms with Crippen molar-refractivity contribution < 1.29 is 9.13 Å². The van der Waals surface area contributed by atoms with Crippen molar-refractivity contribution in [3.8, 4) is 5.75 Å². The summed E-state index contributed by atoms with van der Waals surface area (Å²) in [6.07, 6.45) is 6.50. The molecule has 0 saturated heterocycles. The Morgan fingerprint density at radius 1 is 1.23 bits per heavy atom. The van der Waals surface area contributed by atoms with Crippen molar-refractivity contribution in [3.63, 3.8) is 0 Å². The molecule has 0 radical (unpaired) electrons. The molecule has 1 aromatic carbocycles. The number of hydrogen-bond donors (Lipinski definition) is 0. The van der Waals surface area contributed by atoms with E-state index in [4.69, 9.17) is 4.74 Å². The van der Waals surface area contributed by atoms with Gasteiger partial charge in [-0.05, 0) is 41.9 Å². The van der Waals surface area contributed by atoms with Crippen LogP contribution in [0.5, 0.6) is 5.75 Å². The summed E-state index contributed by atoms with van der Waals surface area (Å²) in [5.41, 5.74) is 0. The Morgan fingerprint density at radius 3 is 2.31 bits per heavy atom. The second-order valence-corrected chi connectivity index (χ2v) is 7.78. The normalized spacial score (nSPS) is 12.7. The van der Waals surface area contributed by atoms with Crippen LogP contribution >= 0.6 is 10.0 Å². The summed E-state index contributed by atoms with van der Waals surface area (Å²) in [6.45, 7) is 0. The minimum atomic E-state index is -0.799. The maximum atomic E-state index is 13.0. The predicted octanol–water partition coefficient (Wildman–Crippen LogP) is 2.89. The van der Waals surface area contributed by atoms with Gasteiger partial charge < -0.3 is 4.74 Å². The highest BCUT2D eigenvalue weighted by molar-refractivity contribution is 8.32. The van der Waals surface area contributed by atoms with Gasteiger partial charge in [0.05, 0.1) is 7.11 Å². The summed E-state index contributed by atoms with van der Waals surface area (Å²) in [6, 6.07) is 5.07. The molecular formula is C10H15FOS. The van der Waals surface area contributed by atoms with Crippen LogP contribution in [0, 0.1) is 5.82 Å². The van der Waals surface area contributed by atoms with Crippen molar-refractivity contribution in [2.75, 3.05) is 25.9 Å². The van der Waals surface area contributed by atoms with E-state index in [0.29, 0.717) is 5.75 Å².